The van der Waals surface area contributed by atoms with Crippen molar-refractivity contribution in [3.8, 4) is 11.3 Å². The molecule has 2 N–H and O–H groups in total. The van der Waals surface area contributed by atoms with Crippen LogP contribution in [-0.2, 0) is 0 Å². The standard InChI is InChI=1S/C16H13FN2O4/c17-11-5-3-10(4-6-11)15-8-12(19-23-15)16(21)18-9-13(20)14-2-1-7-22-14/h1-8,13,20H,9H2,(H,18,21). The molecule has 0 aliphatic rings. The first-order chi connectivity index (χ1) is 11.1. The van der Waals surface area contributed by atoms with Crippen LogP contribution in [0.2, 0.25) is 0 Å². The van der Waals surface area contributed by atoms with Crippen LogP contribution < -0.4 is 5.32 Å². The van der Waals surface area contributed by atoms with Crippen LogP contribution in [0.5, 0.6) is 0 Å². The molecule has 1 unspecified atom stereocenters. The molecule has 6 nitrogen and oxygen atoms in total. The predicted molar refractivity (Wildman–Crippen MR) is 77.9 cm³/mol. The van der Waals surface area contributed by atoms with Crippen LogP contribution in [0.3, 0.4) is 0 Å². The van der Waals surface area contributed by atoms with Crippen molar-refractivity contribution < 1.29 is 23.2 Å². The van der Waals surface area contributed by atoms with E-state index in [9.17, 15) is 14.3 Å². The number of amides is 1. The topological polar surface area (TPSA) is 88.5 Å². The molecule has 2 aromatic heterocycles. The Bertz CT molecular complexity index is 781. The molecule has 23 heavy (non-hydrogen) atoms. The van der Waals surface area contributed by atoms with Gasteiger partial charge in [0.1, 0.15) is 17.7 Å². The third-order valence-corrected chi connectivity index (χ3v) is 3.20. The molecule has 0 aliphatic carbocycles. The highest BCUT2D eigenvalue weighted by atomic mass is 19.1. The summed E-state index contributed by atoms with van der Waals surface area (Å²) in [7, 11) is 0. The lowest BCUT2D eigenvalue weighted by Crippen LogP contribution is -2.28. The Morgan fingerprint density at radius 1 is 1.30 bits per heavy atom. The summed E-state index contributed by atoms with van der Waals surface area (Å²) in [5, 5.41) is 16.0. The molecule has 1 aromatic carbocycles. The molecule has 3 aromatic rings. The number of aliphatic hydroxyl groups excluding tert-OH is 1. The van der Waals surface area contributed by atoms with E-state index in [2.05, 4.69) is 10.5 Å². The molecule has 1 amide bonds. The number of hydrogen-bond donors (Lipinski definition) is 2. The van der Waals surface area contributed by atoms with Gasteiger partial charge in [0, 0.05) is 11.6 Å². The lowest BCUT2D eigenvalue weighted by molar-refractivity contribution is 0.0892. The van der Waals surface area contributed by atoms with E-state index in [0.717, 1.165) is 0 Å². The van der Waals surface area contributed by atoms with Crippen LogP contribution >= 0.6 is 0 Å². The summed E-state index contributed by atoms with van der Waals surface area (Å²) < 4.78 is 23.0. The lowest BCUT2D eigenvalue weighted by atomic mass is 10.1. The van der Waals surface area contributed by atoms with E-state index in [1.54, 1.807) is 12.1 Å². The van der Waals surface area contributed by atoms with Crippen LogP contribution in [0.25, 0.3) is 11.3 Å². The number of rotatable bonds is 5. The van der Waals surface area contributed by atoms with Gasteiger partial charge in [0.05, 0.1) is 12.8 Å². The average molecular weight is 316 g/mol. The quantitative estimate of drug-likeness (QED) is 0.755. The lowest BCUT2D eigenvalue weighted by Gasteiger charge is -2.07. The minimum absolute atomic E-state index is 0.0227. The first kappa shape index (κ1) is 15.0. The Kier molecular flexibility index (Phi) is 4.20. The summed E-state index contributed by atoms with van der Waals surface area (Å²) >= 11 is 0. The summed E-state index contributed by atoms with van der Waals surface area (Å²) in [6, 6.07) is 10.3. The number of aromatic nitrogens is 1. The van der Waals surface area contributed by atoms with Crippen molar-refractivity contribution >= 4 is 5.91 Å². The molecule has 0 aliphatic heterocycles. The smallest absolute Gasteiger partial charge is 0.273 e. The zero-order valence-corrected chi connectivity index (χ0v) is 11.9. The number of halogens is 1. The molecule has 0 saturated heterocycles. The fraction of sp³-hybridized carbons (Fsp3) is 0.125. The monoisotopic (exact) mass is 316 g/mol. The number of nitrogens with one attached hydrogen (secondary N) is 1. The maximum atomic E-state index is 12.9. The van der Waals surface area contributed by atoms with Crippen molar-refractivity contribution in [2.75, 3.05) is 6.54 Å². The van der Waals surface area contributed by atoms with Gasteiger partial charge in [0.15, 0.2) is 11.5 Å². The zero-order chi connectivity index (χ0) is 16.2. The van der Waals surface area contributed by atoms with Crippen molar-refractivity contribution in [1.82, 2.24) is 10.5 Å². The van der Waals surface area contributed by atoms with Gasteiger partial charge >= 0.3 is 0 Å². The van der Waals surface area contributed by atoms with E-state index < -0.39 is 12.0 Å². The largest absolute Gasteiger partial charge is 0.467 e. The van der Waals surface area contributed by atoms with E-state index in [1.807, 2.05) is 0 Å². The molecule has 0 saturated carbocycles. The molecule has 1 atom stereocenters. The zero-order valence-electron chi connectivity index (χ0n) is 11.9. The minimum Gasteiger partial charge on any atom is -0.467 e. The Labute approximate surface area is 130 Å². The van der Waals surface area contributed by atoms with Crippen molar-refractivity contribution in [3.05, 3.63) is 66.0 Å². The summed E-state index contributed by atoms with van der Waals surface area (Å²) in [5.41, 5.74) is 0.671. The van der Waals surface area contributed by atoms with Gasteiger partial charge in [-0.1, -0.05) is 5.16 Å². The molecular weight excluding hydrogens is 303 g/mol. The third kappa shape index (κ3) is 3.46. The highest BCUT2D eigenvalue weighted by Gasteiger charge is 2.16. The van der Waals surface area contributed by atoms with Gasteiger partial charge in [0.2, 0.25) is 0 Å². The first-order valence-electron chi connectivity index (χ1n) is 6.86. The summed E-state index contributed by atoms with van der Waals surface area (Å²) in [5.74, 6) is -0.148. The number of hydrogen-bond acceptors (Lipinski definition) is 5. The number of carbonyl (C=O) groups is 1. The fourth-order valence-corrected chi connectivity index (χ4v) is 1.99. The van der Waals surface area contributed by atoms with Gasteiger partial charge in [-0.2, -0.15) is 0 Å². The Morgan fingerprint density at radius 3 is 2.78 bits per heavy atom. The van der Waals surface area contributed by atoms with Crippen molar-refractivity contribution in [1.29, 1.82) is 0 Å². The number of aliphatic hydroxyl groups is 1. The van der Waals surface area contributed by atoms with Crippen LogP contribution in [0.4, 0.5) is 4.39 Å². The maximum Gasteiger partial charge on any atom is 0.273 e. The Balaban J connectivity index is 1.63. The maximum absolute atomic E-state index is 12.9. The van der Waals surface area contributed by atoms with Gasteiger partial charge in [-0.15, -0.1) is 0 Å². The third-order valence-electron chi connectivity index (χ3n) is 3.20. The van der Waals surface area contributed by atoms with E-state index >= 15 is 0 Å². The number of nitrogens with zero attached hydrogens (tertiary/aromatic N) is 1. The normalized spacial score (nSPS) is 12.1. The predicted octanol–water partition coefficient (Wildman–Crippen LogP) is 2.54. The molecule has 0 fully saturated rings. The van der Waals surface area contributed by atoms with E-state index in [0.29, 0.717) is 17.1 Å². The minimum atomic E-state index is -0.947. The molecule has 0 radical (unpaired) electrons. The average Bonchev–Trinajstić information content (AvgIpc) is 3.24. The molecule has 0 bridgehead atoms. The van der Waals surface area contributed by atoms with E-state index in [-0.39, 0.29) is 18.1 Å². The molecule has 7 heteroatoms. The van der Waals surface area contributed by atoms with Crippen LogP contribution in [0.1, 0.15) is 22.4 Å². The molecule has 118 valence electrons. The van der Waals surface area contributed by atoms with Crippen molar-refractivity contribution in [2.45, 2.75) is 6.10 Å². The SMILES string of the molecule is O=C(NCC(O)c1ccco1)c1cc(-c2ccc(F)cc2)on1. The fourth-order valence-electron chi connectivity index (χ4n) is 1.99. The van der Waals surface area contributed by atoms with Crippen molar-refractivity contribution in [2.24, 2.45) is 0 Å². The number of carbonyl (C=O) groups excluding carboxylic acids is 1. The number of benzene rings is 1. The van der Waals surface area contributed by atoms with Gasteiger partial charge in [-0.05, 0) is 36.4 Å². The van der Waals surface area contributed by atoms with E-state index in [1.165, 1.54) is 36.6 Å². The van der Waals surface area contributed by atoms with Gasteiger partial charge in [0.25, 0.3) is 5.91 Å². The van der Waals surface area contributed by atoms with Gasteiger partial charge < -0.3 is 19.4 Å². The highest BCUT2D eigenvalue weighted by Crippen LogP contribution is 2.20. The van der Waals surface area contributed by atoms with Crippen LogP contribution in [-0.4, -0.2) is 22.7 Å². The Hall–Kier alpha value is -2.93. The second kappa shape index (κ2) is 6.45. The second-order valence-electron chi connectivity index (χ2n) is 4.82. The molecule has 0 spiro atoms. The summed E-state index contributed by atoms with van der Waals surface area (Å²) in [4.78, 5) is 12.0. The van der Waals surface area contributed by atoms with E-state index in [4.69, 9.17) is 8.94 Å². The second-order valence-corrected chi connectivity index (χ2v) is 4.82. The van der Waals surface area contributed by atoms with Crippen molar-refractivity contribution in [3.63, 3.8) is 0 Å². The highest BCUT2D eigenvalue weighted by molar-refractivity contribution is 5.93. The Morgan fingerprint density at radius 2 is 2.09 bits per heavy atom. The van der Waals surface area contributed by atoms with Gasteiger partial charge in [-0.3, -0.25) is 4.79 Å². The first-order valence-corrected chi connectivity index (χ1v) is 6.86. The summed E-state index contributed by atoms with van der Waals surface area (Å²) in [6.45, 7) is -0.0227. The number of furan rings is 1. The molecular formula is C16H13FN2O4. The van der Waals surface area contributed by atoms with Crippen LogP contribution in [0, 0.1) is 5.82 Å². The summed E-state index contributed by atoms with van der Waals surface area (Å²) in [6.07, 6.45) is 0.491. The van der Waals surface area contributed by atoms with Crippen LogP contribution in [0.15, 0.2) is 57.7 Å². The van der Waals surface area contributed by atoms with Gasteiger partial charge in [-0.25, -0.2) is 4.39 Å². The molecule has 3 rings (SSSR count). The molecule has 2 heterocycles.